The molecule has 0 bridgehead atoms. The largest absolute Gasteiger partial charge is 0.308 e. The van der Waals surface area contributed by atoms with Crippen LogP contribution in [0.4, 0.5) is 0 Å². The summed E-state index contributed by atoms with van der Waals surface area (Å²) in [5.74, 6) is 0. The molecule has 4 heteroatoms. The summed E-state index contributed by atoms with van der Waals surface area (Å²) in [5.41, 5.74) is 3.30. The van der Waals surface area contributed by atoms with Crippen molar-refractivity contribution in [3.8, 4) is 5.69 Å². The van der Waals surface area contributed by atoms with Gasteiger partial charge in [0.15, 0.2) is 0 Å². The van der Waals surface area contributed by atoms with Gasteiger partial charge in [-0.25, -0.2) is 4.68 Å². The van der Waals surface area contributed by atoms with Gasteiger partial charge < -0.3 is 5.32 Å². The Morgan fingerprint density at radius 3 is 3.06 bits per heavy atom. The number of hydrogen-bond donors (Lipinski definition) is 1. The van der Waals surface area contributed by atoms with Crippen LogP contribution in [-0.4, -0.2) is 21.0 Å². The molecule has 0 spiro atoms. The third-order valence-electron chi connectivity index (χ3n) is 2.96. The standard InChI is InChI=1S/C13H16N4/c1-10-3-2-4-13(7-10)17-9-12(15-16-17)8-14-11-5-6-11/h2-4,7,9,11,14H,5-6,8H2,1H3. The second-order valence-corrected chi connectivity index (χ2v) is 4.65. The van der Waals surface area contributed by atoms with Crippen molar-refractivity contribution in [2.45, 2.75) is 32.4 Å². The van der Waals surface area contributed by atoms with Gasteiger partial charge in [-0.05, 0) is 37.5 Å². The van der Waals surface area contributed by atoms with Gasteiger partial charge in [0.1, 0.15) is 0 Å². The van der Waals surface area contributed by atoms with Gasteiger partial charge in [0.25, 0.3) is 0 Å². The first-order valence-electron chi connectivity index (χ1n) is 6.03. The molecule has 1 aliphatic rings. The summed E-state index contributed by atoms with van der Waals surface area (Å²) in [6.07, 6.45) is 4.59. The minimum atomic E-state index is 0.708. The molecule has 17 heavy (non-hydrogen) atoms. The van der Waals surface area contributed by atoms with E-state index in [-0.39, 0.29) is 0 Å². The molecule has 1 aliphatic carbocycles. The summed E-state index contributed by atoms with van der Waals surface area (Å²) in [7, 11) is 0. The van der Waals surface area contributed by atoms with E-state index in [9.17, 15) is 0 Å². The van der Waals surface area contributed by atoms with Crippen molar-refractivity contribution in [2.24, 2.45) is 0 Å². The highest BCUT2D eigenvalue weighted by Crippen LogP contribution is 2.19. The van der Waals surface area contributed by atoms with Gasteiger partial charge in [0.2, 0.25) is 0 Å². The van der Waals surface area contributed by atoms with Gasteiger partial charge in [-0.2, -0.15) is 0 Å². The third kappa shape index (κ3) is 2.53. The number of hydrogen-bond acceptors (Lipinski definition) is 3. The van der Waals surface area contributed by atoms with Crippen molar-refractivity contribution < 1.29 is 0 Å². The molecule has 0 amide bonds. The molecule has 0 aliphatic heterocycles. The van der Waals surface area contributed by atoms with Crippen molar-refractivity contribution in [3.63, 3.8) is 0 Å². The van der Waals surface area contributed by atoms with E-state index in [1.54, 1.807) is 0 Å². The quantitative estimate of drug-likeness (QED) is 0.868. The topological polar surface area (TPSA) is 42.7 Å². The van der Waals surface area contributed by atoms with Crippen LogP contribution in [0.2, 0.25) is 0 Å². The summed E-state index contributed by atoms with van der Waals surface area (Å²) in [4.78, 5) is 0. The highest BCUT2D eigenvalue weighted by molar-refractivity contribution is 5.34. The average molecular weight is 228 g/mol. The first-order chi connectivity index (χ1) is 8.31. The van der Waals surface area contributed by atoms with E-state index in [0.717, 1.165) is 17.9 Å². The lowest BCUT2D eigenvalue weighted by Crippen LogP contribution is -2.15. The molecule has 1 saturated carbocycles. The molecule has 0 unspecified atom stereocenters. The lowest BCUT2D eigenvalue weighted by atomic mass is 10.2. The fraction of sp³-hybridized carbons (Fsp3) is 0.385. The average Bonchev–Trinajstić information content (AvgIpc) is 3.04. The lowest BCUT2D eigenvalue weighted by molar-refractivity contribution is 0.671. The van der Waals surface area contributed by atoms with E-state index in [4.69, 9.17) is 0 Å². The first-order valence-corrected chi connectivity index (χ1v) is 6.03. The predicted octanol–water partition coefficient (Wildman–Crippen LogP) is 1.83. The van der Waals surface area contributed by atoms with Crippen LogP contribution in [0.1, 0.15) is 24.1 Å². The van der Waals surface area contributed by atoms with Gasteiger partial charge in [-0.1, -0.05) is 17.3 Å². The van der Waals surface area contributed by atoms with Gasteiger partial charge >= 0.3 is 0 Å². The van der Waals surface area contributed by atoms with Crippen LogP contribution in [0.25, 0.3) is 5.69 Å². The molecule has 1 aromatic carbocycles. The van der Waals surface area contributed by atoms with E-state index in [0.29, 0.717) is 6.04 Å². The monoisotopic (exact) mass is 228 g/mol. The molecular weight excluding hydrogens is 212 g/mol. The summed E-state index contributed by atoms with van der Waals surface area (Å²) in [5, 5.41) is 11.8. The number of nitrogens with one attached hydrogen (secondary N) is 1. The molecule has 1 heterocycles. The van der Waals surface area contributed by atoms with Crippen LogP contribution in [-0.2, 0) is 6.54 Å². The molecule has 1 N–H and O–H groups in total. The van der Waals surface area contributed by atoms with Crippen LogP contribution >= 0.6 is 0 Å². The number of rotatable bonds is 4. The molecule has 0 saturated heterocycles. The second-order valence-electron chi connectivity index (χ2n) is 4.65. The molecule has 3 rings (SSSR count). The molecule has 2 aromatic rings. The van der Waals surface area contributed by atoms with E-state index in [2.05, 4.69) is 34.7 Å². The van der Waals surface area contributed by atoms with Crippen molar-refractivity contribution in [2.75, 3.05) is 0 Å². The Bertz CT molecular complexity index is 514. The van der Waals surface area contributed by atoms with Crippen LogP contribution in [0.15, 0.2) is 30.5 Å². The predicted molar refractivity (Wildman–Crippen MR) is 66.0 cm³/mol. The maximum atomic E-state index is 4.17. The molecular formula is C13H16N4. The summed E-state index contributed by atoms with van der Waals surface area (Å²) in [6.45, 7) is 2.90. The second kappa shape index (κ2) is 4.30. The van der Waals surface area contributed by atoms with Crippen LogP contribution in [0.5, 0.6) is 0 Å². The van der Waals surface area contributed by atoms with Gasteiger partial charge in [0, 0.05) is 12.6 Å². The fourth-order valence-corrected chi connectivity index (χ4v) is 1.81. The maximum absolute atomic E-state index is 4.17. The SMILES string of the molecule is Cc1cccc(-n2cc(CNC3CC3)nn2)c1. The van der Waals surface area contributed by atoms with Crippen LogP contribution < -0.4 is 5.32 Å². The fourth-order valence-electron chi connectivity index (χ4n) is 1.81. The van der Waals surface area contributed by atoms with E-state index in [1.807, 2.05) is 23.0 Å². The Morgan fingerprint density at radius 2 is 2.29 bits per heavy atom. The van der Waals surface area contributed by atoms with Crippen LogP contribution in [0, 0.1) is 6.92 Å². The Balaban J connectivity index is 1.74. The number of aryl methyl sites for hydroxylation is 1. The van der Waals surface area contributed by atoms with Crippen molar-refractivity contribution in [3.05, 3.63) is 41.7 Å². The van der Waals surface area contributed by atoms with Crippen LogP contribution in [0.3, 0.4) is 0 Å². The number of aromatic nitrogens is 3. The third-order valence-corrected chi connectivity index (χ3v) is 2.96. The molecule has 4 nitrogen and oxygen atoms in total. The van der Waals surface area contributed by atoms with E-state index >= 15 is 0 Å². The zero-order chi connectivity index (χ0) is 11.7. The van der Waals surface area contributed by atoms with Crippen molar-refractivity contribution in [1.29, 1.82) is 0 Å². The minimum absolute atomic E-state index is 0.708. The molecule has 88 valence electrons. The van der Waals surface area contributed by atoms with Gasteiger partial charge in [-0.3, -0.25) is 0 Å². The van der Waals surface area contributed by atoms with E-state index < -0.39 is 0 Å². The Labute approximate surface area is 101 Å². The first kappa shape index (κ1) is 10.5. The molecule has 0 radical (unpaired) electrons. The molecule has 0 atom stereocenters. The van der Waals surface area contributed by atoms with E-state index in [1.165, 1.54) is 18.4 Å². The normalized spacial score (nSPS) is 15.1. The highest BCUT2D eigenvalue weighted by Gasteiger charge is 2.20. The Kier molecular flexibility index (Phi) is 2.65. The summed E-state index contributed by atoms with van der Waals surface area (Å²) in [6, 6.07) is 8.97. The summed E-state index contributed by atoms with van der Waals surface area (Å²) < 4.78 is 1.83. The zero-order valence-electron chi connectivity index (χ0n) is 9.93. The minimum Gasteiger partial charge on any atom is -0.308 e. The number of benzene rings is 1. The van der Waals surface area contributed by atoms with Gasteiger partial charge in [-0.15, -0.1) is 5.10 Å². The Hall–Kier alpha value is -1.68. The van der Waals surface area contributed by atoms with Gasteiger partial charge in [0.05, 0.1) is 17.6 Å². The lowest BCUT2D eigenvalue weighted by Gasteiger charge is -2.00. The zero-order valence-corrected chi connectivity index (χ0v) is 9.93. The maximum Gasteiger partial charge on any atom is 0.0969 e. The number of nitrogens with zero attached hydrogens (tertiary/aromatic N) is 3. The summed E-state index contributed by atoms with van der Waals surface area (Å²) >= 11 is 0. The Morgan fingerprint density at radius 1 is 1.41 bits per heavy atom. The molecule has 1 fully saturated rings. The van der Waals surface area contributed by atoms with Crippen molar-refractivity contribution >= 4 is 0 Å². The smallest absolute Gasteiger partial charge is 0.0969 e. The molecule has 1 aromatic heterocycles. The highest BCUT2D eigenvalue weighted by atomic mass is 15.4. The van der Waals surface area contributed by atoms with Crippen molar-refractivity contribution in [1.82, 2.24) is 20.3 Å².